The Labute approximate surface area is 237 Å². The van der Waals surface area contributed by atoms with Crippen LogP contribution in [0.2, 0.25) is 5.02 Å². The van der Waals surface area contributed by atoms with Crippen LogP contribution in [0.3, 0.4) is 0 Å². The Morgan fingerprint density at radius 3 is 2.26 bits per heavy atom. The molecule has 9 heteroatoms. The molecule has 0 aliphatic rings. The van der Waals surface area contributed by atoms with Crippen LogP contribution in [0.25, 0.3) is 10.9 Å². The summed E-state index contributed by atoms with van der Waals surface area (Å²) in [5, 5.41) is 4.09. The van der Waals surface area contributed by atoms with Gasteiger partial charge in [0.05, 0.1) is 30.4 Å². The Bertz CT molecular complexity index is 1500. The van der Waals surface area contributed by atoms with E-state index in [0.29, 0.717) is 52.0 Å². The first kappa shape index (κ1) is 28.5. The molecule has 0 aliphatic heterocycles. The Hall–Kier alpha value is -3.49. The maximum Gasteiger partial charge on any atom is 0.262 e. The average molecular weight is 566 g/mol. The molecule has 0 spiro atoms. The van der Waals surface area contributed by atoms with Crippen molar-refractivity contribution in [2.24, 2.45) is 0 Å². The highest BCUT2D eigenvalue weighted by Gasteiger charge is 2.23. The highest BCUT2D eigenvalue weighted by atomic mass is 35.5. The fraction of sp³-hybridized carbons (Fsp3) is 0.300. The van der Waals surface area contributed by atoms with Crippen LogP contribution in [0.1, 0.15) is 31.4 Å². The van der Waals surface area contributed by atoms with Crippen LogP contribution in [-0.2, 0) is 24.2 Å². The van der Waals surface area contributed by atoms with Gasteiger partial charge >= 0.3 is 0 Å². The van der Waals surface area contributed by atoms with Gasteiger partial charge in [-0.2, -0.15) is 0 Å². The van der Waals surface area contributed by atoms with Gasteiger partial charge in [-0.05, 0) is 60.7 Å². The number of amides is 1. The molecular weight excluding hydrogens is 534 g/mol. The van der Waals surface area contributed by atoms with E-state index in [1.54, 1.807) is 16.7 Å². The minimum Gasteiger partial charge on any atom is -0.493 e. The van der Waals surface area contributed by atoms with E-state index in [9.17, 15) is 9.59 Å². The summed E-state index contributed by atoms with van der Waals surface area (Å²) >= 11 is 7.33. The van der Waals surface area contributed by atoms with Crippen molar-refractivity contribution >= 4 is 45.9 Å². The van der Waals surface area contributed by atoms with Gasteiger partial charge in [0.2, 0.25) is 5.91 Å². The van der Waals surface area contributed by atoms with Gasteiger partial charge in [-0.3, -0.25) is 14.2 Å². The Morgan fingerprint density at radius 1 is 1.00 bits per heavy atom. The molecule has 4 rings (SSSR count). The van der Waals surface area contributed by atoms with Crippen LogP contribution in [0.15, 0.2) is 70.6 Å². The van der Waals surface area contributed by atoms with Crippen LogP contribution in [0, 0.1) is 0 Å². The first-order valence-corrected chi connectivity index (χ1v) is 14.1. The summed E-state index contributed by atoms with van der Waals surface area (Å²) in [6, 6.07) is 18.7. The van der Waals surface area contributed by atoms with Crippen molar-refractivity contribution < 1.29 is 14.3 Å². The lowest BCUT2D eigenvalue weighted by Crippen LogP contribution is -2.28. The number of benzene rings is 3. The molecule has 1 unspecified atom stereocenters. The number of fused-ring (bicyclic) bond motifs is 1. The number of methoxy groups -OCH3 is 2. The van der Waals surface area contributed by atoms with Crippen molar-refractivity contribution in [1.29, 1.82) is 0 Å². The number of thioether (sulfide) groups is 1. The molecule has 1 aromatic heterocycles. The van der Waals surface area contributed by atoms with Gasteiger partial charge in [0.15, 0.2) is 16.7 Å². The molecule has 7 nitrogen and oxygen atoms in total. The molecular formula is C30H32ClN3O4S. The smallest absolute Gasteiger partial charge is 0.262 e. The van der Waals surface area contributed by atoms with E-state index in [-0.39, 0.29) is 11.5 Å². The maximum absolute atomic E-state index is 13.8. The number of ether oxygens (including phenoxy) is 2. The fourth-order valence-electron chi connectivity index (χ4n) is 4.20. The van der Waals surface area contributed by atoms with Crippen molar-refractivity contribution in [3.05, 3.63) is 87.2 Å². The van der Waals surface area contributed by atoms with Crippen molar-refractivity contribution in [2.75, 3.05) is 19.5 Å². The third-order valence-corrected chi connectivity index (χ3v) is 8.11. The van der Waals surface area contributed by atoms with Gasteiger partial charge < -0.3 is 14.8 Å². The number of rotatable bonds is 11. The second-order valence-electron chi connectivity index (χ2n) is 9.01. The fourth-order valence-corrected chi connectivity index (χ4v) is 5.37. The molecule has 0 saturated heterocycles. The molecule has 39 heavy (non-hydrogen) atoms. The number of halogens is 1. The zero-order chi connectivity index (χ0) is 27.9. The zero-order valence-corrected chi connectivity index (χ0v) is 24.1. The molecule has 0 saturated carbocycles. The number of carbonyl (C=O) groups is 1. The summed E-state index contributed by atoms with van der Waals surface area (Å²) in [6.07, 6.45) is 2.08. The number of nitrogens with one attached hydrogen (secondary N) is 1. The van der Waals surface area contributed by atoms with E-state index in [1.165, 1.54) is 31.5 Å². The number of anilines is 1. The van der Waals surface area contributed by atoms with Crippen molar-refractivity contribution in [3.63, 3.8) is 0 Å². The lowest BCUT2D eigenvalue weighted by molar-refractivity contribution is -0.115. The number of nitrogens with zero attached hydrogens (tertiary/aromatic N) is 2. The summed E-state index contributed by atoms with van der Waals surface area (Å²) in [5.74, 6) is 0.790. The van der Waals surface area contributed by atoms with Gasteiger partial charge in [0, 0.05) is 23.3 Å². The lowest BCUT2D eigenvalue weighted by atomic mass is 10.1. The van der Waals surface area contributed by atoms with E-state index in [2.05, 4.69) is 12.2 Å². The minimum atomic E-state index is -0.456. The number of aromatic nitrogens is 2. The van der Waals surface area contributed by atoms with Crippen LogP contribution >= 0.6 is 23.4 Å². The summed E-state index contributed by atoms with van der Waals surface area (Å²) in [7, 11) is 3.07. The van der Waals surface area contributed by atoms with E-state index in [0.717, 1.165) is 17.7 Å². The molecule has 0 fully saturated rings. The van der Waals surface area contributed by atoms with Gasteiger partial charge in [0.1, 0.15) is 0 Å². The number of hydrogen-bond donors (Lipinski definition) is 1. The summed E-state index contributed by atoms with van der Waals surface area (Å²) < 4.78 is 12.5. The molecule has 0 radical (unpaired) electrons. The number of carbonyl (C=O) groups excluding carboxylic acids is 1. The largest absolute Gasteiger partial charge is 0.493 e. The average Bonchev–Trinajstić information content (AvgIpc) is 2.96. The Morgan fingerprint density at radius 2 is 1.64 bits per heavy atom. The quantitative estimate of drug-likeness (QED) is 0.168. The predicted molar refractivity (Wildman–Crippen MR) is 159 cm³/mol. The summed E-state index contributed by atoms with van der Waals surface area (Å²) in [4.78, 5) is 31.9. The monoisotopic (exact) mass is 565 g/mol. The topological polar surface area (TPSA) is 82.5 Å². The summed E-state index contributed by atoms with van der Waals surface area (Å²) in [6.45, 7) is 4.42. The highest BCUT2D eigenvalue weighted by Crippen LogP contribution is 2.32. The van der Waals surface area contributed by atoms with Crippen LogP contribution in [0.5, 0.6) is 11.5 Å². The molecule has 0 aliphatic carbocycles. The maximum atomic E-state index is 13.8. The molecule has 1 heterocycles. The van der Waals surface area contributed by atoms with Gasteiger partial charge in [-0.1, -0.05) is 61.5 Å². The molecule has 3 aromatic carbocycles. The Balaban J connectivity index is 1.70. The van der Waals surface area contributed by atoms with Gasteiger partial charge in [-0.15, -0.1) is 0 Å². The number of hydrogen-bond acceptors (Lipinski definition) is 6. The van der Waals surface area contributed by atoms with Crippen LogP contribution in [-0.4, -0.2) is 34.9 Å². The standard InChI is InChI=1S/C30H32ClN3O4S/c1-5-19-9-13-22(14-10-19)32-28(35)27(6-2)39-30-33-24-18-26(38-4)25(37-3)17-23(24)29(36)34(30)16-15-20-7-11-21(31)12-8-20/h7-14,17-18,27H,5-6,15-16H2,1-4H3,(H,32,35). The van der Waals surface area contributed by atoms with Crippen molar-refractivity contribution in [1.82, 2.24) is 9.55 Å². The highest BCUT2D eigenvalue weighted by molar-refractivity contribution is 8.00. The van der Waals surface area contributed by atoms with Crippen molar-refractivity contribution in [3.8, 4) is 11.5 Å². The Kier molecular flexibility index (Phi) is 9.54. The second-order valence-corrected chi connectivity index (χ2v) is 10.6. The molecule has 0 bridgehead atoms. The second kappa shape index (κ2) is 13.0. The first-order chi connectivity index (χ1) is 18.9. The molecule has 4 aromatic rings. The number of aryl methyl sites for hydroxylation is 2. The SMILES string of the molecule is CCc1ccc(NC(=O)C(CC)Sc2nc3cc(OC)c(OC)cc3c(=O)n2CCc2ccc(Cl)cc2)cc1. The summed E-state index contributed by atoms with van der Waals surface area (Å²) in [5.41, 5.74) is 3.25. The molecule has 1 N–H and O–H groups in total. The van der Waals surface area contributed by atoms with E-state index < -0.39 is 5.25 Å². The zero-order valence-electron chi connectivity index (χ0n) is 22.5. The predicted octanol–water partition coefficient (Wildman–Crippen LogP) is 6.38. The molecule has 1 amide bonds. The van der Waals surface area contributed by atoms with E-state index >= 15 is 0 Å². The van der Waals surface area contributed by atoms with Gasteiger partial charge in [0.25, 0.3) is 5.56 Å². The van der Waals surface area contributed by atoms with Crippen molar-refractivity contribution in [2.45, 2.75) is 50.1 Å². The minimum absolute atomic E-state index is 0.141. The third kappa shape index (κ3) is 6.75. The van der Waals surface area contributed by atoms with Gasteiger partial charge in [-0.25, -0.2) is 4.98 Å². The molecule has 204 valence electrons. The van der Waals surface area contributed by atoms with Crippen LogP contribution < -0.4 is 20.3 Å². The van der Waals surface area contributed by atoms with Crippen LogP contribution in [0.4, 0.5) is 5.69 Å². The molecule has 1 atom stereocenters. The van der Waals surface area contributed by atoms with E-state index in [4.69, 9.17) is 26.1 Å². The lowest BCUT2D eigenvalue weighted by Gasteiger charge is -2.19. The third-order valence-electron chi connectivity index (χ3n) is 6.50. The normalized spacial score (nSPS) is 11.8. The first-order valence-electron chi connectivity index (χ1n) is 12.8. The van der Waals surface area contributed by atoms with E-state index in [1.807, 2.05) is 55.5 Å².